The van der Waals surface area contributed by atoms with Crippen molar-refractivity contribution in [3.63, 3.8) is 0 Å². The molecule has 0 saturated carbocycles. The van der Waals surface area contributed by atoms with Gasteiger partial charge >= 0.3 is 0 Å². The number of hydrazone groups is 1. The monoisotopic (exact) mass is 442 g/mol. The van der Waals surface area contributed by atoms with Crippen molar-refractivity contribution < 1.29 is 18.1 Å². The lowest BCUT2D eigenvalue weighted by Crippen LogP contribution is -2.12. The van der Waals surface area contributed by atoms with Gasteiger partial charge in [0.1, 0.15) is 18.0 Å². The Bertz CT molecular complexity index is 1130. The van der Waals surface area contributed by atoms with Crippen molar-refractivity contribution in [1.82, 2.24) is 0 Å². The Morgan fingerprint density at radius 2 is 2.04 bits per heavy atom. The van der Waals surface area contributed by atoms with Gasteiger partial charge in [0.15, 0.2) is 0 Å². The minimum atomic E-state index is -4.07. The highest BCUT2D eigenvalue weighted by Crippen LogP contribution is 2.36. The van der Waals surface area contributed by atoms with E-state index < -0.39 is 20.6 Å². The van der Waals surface area contributed by atoms with Crippen LogP contribution in [0, 0.1) is 10.1 Å². The third-order valence-corrected chi connectivity index (χ3v) is 5.08. The molecule has 0 fully saturated rings. The van der Waals surface area contributed by atoms with E-state index in [-0.39, 0.29) is 17.2 Å². The molecule has 3 N–H and O–H groups in total. The van der Waals surface area contributed by atoms with Gasteiger partial charge in [-0.15, -0.1) is 0 Å². The van der Waals surface area contributed by atoms with Crippen LogP contribution < -0.4 is 15.3 Å². The quantitative estimate of drug-likeness (QED) is 0.413. The SMILES string of the molecule is NS(=O)(=O)c1ccc(NN=CC2=Cc3cc(Cl)cc(Cl)c3OC2)c([N+](=O)[O-])c1. The first-order valence-electron chi connectivity index (χ1n) is 7.58. The number of nitrogens with zero attached hydrogens (tertiary/aromatic N) is 2. The second kappa shape index (κ2) is 7.76. The number of hydrogen-bond acceptors (Lipinski definition) is 7. The fourth-order valence-electron chi connectivity index (χ4n) is 2.43. The number of nitro benzene ring substituents is 1. The van der Waals surface area contributed by atoms with E-state index >= 15 is 0 Å². The minimum absolute atomic E-state index is 0.00235. The van der Waals surface area contributed by atoms with E-state index in [4.69, 9.17) is 33.1 Å². The van der Waals surface area contributed by atoms with Gasteiger partial charge in [-0.05, 0) is 30.3 Å². The van der Waals surface area contributed by atoms with E-state index in [0.717, 1.165) is 12.1 Å². The zero-order valence-corrected chi connectivity index (χ0v) is 16.3. The van der Waals surface area contributed by atoms with E-state index in [1.165, 1.54) is 12.3 Å². The van der Waals surface area contributed by atoms with Gasteiger partial charge in [0.25, 0.3) is 5.69 Å². The molecule has 0 spiro atoms. The van der Waals surface area contributed by atoms with E-state index in [1.54, 1.807) is 18.2 Å². The fourth-order valence-corrected chi connectivity index (χ4v) is 3.53. The number of nitrogens with two attached hydrogens (primary N) is 1. The van der Waals surface area contributed by atoms with E-state index in [0.29, 0.717) is 26.9 Å². The number of primary sulfonamides is 1. The van der Waals surface area contributed by atoms with Gasteiger partial charge in [0.05, 0.1) is 21.1 Å². The Hall–Kier alpha value is -2.66. The molecule has 0 bridgehead atoms. The van der Waals surface area contributed by atoms with Crippen LogP contribution in [0.15, 0.2) is 45.9 Å². The lowest BCUT2D eigenvalue weighted by Gasteiger charge is -2.17. The van der Waals surface area contributed by atoms with Crippen LogP contribution >= 0.6 is 23.2 Å². The summed E-state index contributed by atoms with van der Waals surface area (Å²) in [5.41, 5.74) is 3.35. The van der Waals surface area contributed by atoms with Gasteiger partial charge in [0, 0.05) is 22.2 Å². The number of nitrogens with one attached hydrogen (secondary N) is 1. The topological polar surface area (TPSA) is 137 Å². The second-order valence-electron chi connectivity index (χ2n) is 5.66. The van der Waals surface area contributed by atoms with Gasteiger partial charge in [-0.25, -0.2) is 13.6 Å². The Morgan fingerprint density at radius 1 is 1.29 bits per heavy atom. The normalized spacial score (nSPS) is 13.6. The largest absolute Gasteiger partial charge is 0.487 e. The molecule has 9 nitrogen and oxygen atoms in total. The average molecular weight is 443 g/mol. The van der Waals surface area contributed by atoms with E-state index in [1.807, 2.05) is 0 Å². The first kappa shape index (κ1) is 20.1. The third kappa shape index (κ3) is 4.42. The Balaban J connectivity index is 1.83. The van der Waals surface area contributed by atoms with Crippen molar-refractivity contribution in [2.45, 2.75) is 4.90 Å². The Labute approximate surface area is 169 Å². The molecule has 0 aromatic heterocycles. The summed E-state index contributed by atoms with van der Waals surface area (Å²) in [6, 6.07) is 6.45. The number of fused-ring (bicyclic) bond motifs is 1. The summed E-state index contributed by atoms with van der Waals surface area (Å²) in [4.78, 5) is 10.1. The number of benzene rings is 2. The summed E-state index contributed by atoms with van der Waals surface area (Å²) in [6.45, 7) is 0.186. The van der Waals surface area contributed by atoms with Crippen molar-refractivity contribution in [3.8, 4) is 5.75 Å². The number of hydrogen-bond donors (Lipinski definition) is 2. The molecule has 0 saturated heterocycles. The van der Waals surface area contributed by atoms with Crippen LogP contribution in [-0.4, -0.2) is 26.2 Å². The summed E-state index contributed by atoms with van der Waals surface area (Å²) in [5.74, 6) is 0.505. The predicted octanol–water partition coefficient (Wildman–Crippen LogP) is 3.42. The van der Waals surface area contributed by atoms with Crippen molar-refractivity contribution in [2.75, 3.05) is 12.0 Å². The number of sulfonamides is 1. The molecule has 0 unspecified atom stereocenters. The lowest BCUT2D eigenvalue weighted by atomic mass is 10.1. The standard InChI is InChI=1S/C16H12Cl2N4O5S/c17-11-4-10-3-9(8-27-16(10)13(18)5-11)7-20-21-14-2-1-12(28(19,25)26)6-15(14)22(23)24/h1-7,21H,8H2,(H2,19,25,26). The first-order valence-corrected chi connectivity index (χ1v) is 9.88. The maximum Gasteiger partial charge on any atom is 0.295 e. The van der Waals surface area contributed by atoms with Crippen LogP contribution in [0.1, 0.15) is 5.56 Å². The number of rotatable bonds is 5. The molecule has 0 amide bonds. The summed E-state index contributed by atoms with van der Waals surface area (Å²) >= 11 is 12.0. The molecule has 3 rings (SSSR count). The predicted molar refractivity (Wildman–Crippen MR) is 107 cm³/mol. The number of nitro groups is 1. The summed E-state index contributed by atoms with van der Waals surface area (Å²) in [5, 5.41) is 21.0. The molecular weight excluding hydrogens is 431 g/mol. The van der Waals surface area contributed by atoms with Crippen molar-refractivity contribution in [1.29, 1.82) is 0 Å². The first-order chi connectivity index (χ1) is 13.1. The van der Waals surface area contributed by atoms with Crippen LogP contribution in [0.25, 0.3) is 6.08 Å². The molecule has 146 valence electrons. The molecular formula is C16H12Cl2N4O5S. The van der Waals surface area contributed by atoms with Crippen LogP contribution in [0.3, 0.4) is 0 Å². The van der Waals surface area contributed by atoms with Crippen LogP contribution in [0.4, 0.5) is 11.4 Å². The molecule has 2 aromatic rings. The van der Waals surface area contributed by atoms with Crippen LogP contribution in [-0.2, 0) is 10.0 Å². The zero-order chi connectivity index (χ0) is 20.5. The second-order valence-corrected chi connectivity index (χ2v) is 8.07. The maximum absolute atomic E-state index is 11.4. The molecule has 1 aliphatic rings. The fraction of sp³-hybridized carbons (Fsp3) is 0.0625. The number of ether oxygens (including phenoxy) is 1. The third-order valence-electron chi connectivity index (χ3n) is 3.67. The van der Waals surface area contributed by atoms with Crippen molar-refractivity contribution in [3.05, 3.63) is 61.6 Å². The van der Waals surface area contributed by atoms with Gasteiger partial charge in [0.2, 0.25) is 10.0 Å². The van der Waals surface area contributed by atoms with Gasteiger partial charge in [-0.2, -0.15) is 5.10 Å². The molecule has 28 heavy (non-hydrogen) atoms. The highest BCUT2D eigenvalue weighted by atomic mass is 35.5. The highest BCUT2D eigenvalue weighted by molar-refractivity contribution is 7.89. The van der Waals surface area contributed by atoms with Gasteiger partial charge in [-0.1, -0.05) is 23.2 Å². The molecule has 0 radical (unpaired) electrons. The summed E-state index contributed by atoms with van der Waals surface area (Å²) < 4.78 is 28.3. The Morgan fingerprint density at radius 3 is 2.71 bits per heavy atom. The minimum Gasteiger partial charge on any atom is -0.487 e. The molecule has 0 aliphatic carbocycles. The van der Waals surface area contributed by atoms with Crippen LogP contribution in [0.5, 0.6) is 5.75 Å². The van der Waals surface area contributed by atoms with Crippen molar-refractivity contribution in [2.24, 2.45) is 10.2 Å². The molecule has 1 aliphatic heterocycles. The van der Waals surface area contributed by atoms with Gasteiger partial charge < -0.3 is 4.74 Å². The maximum atomic E-state index is 11.4. The van der Waals surface area contributed by atoms with E-state index in [9.17, 15) is 18.5 Å². The summed E-state index contributed by atoms with van der Waals surface area (Å²) in [6.07, 6.45) is 3.18. The average Bonchev–Trinajstić information content (AvgIpc) is 2.60. The molecule has 1 heterocycles. The Kier molecular flexibility index (Phi) is 5.57. The number of anilines is 1. The van der Waals surface area contributed by atoms with Gasteiger partial charge in [-0.3, -0.25) is 15.5 Å². The zero-order valence-electron chi connectivity index (χ0n) is 13.9. The lowest BCUT2D eigenvalue weighted by molar-refractivity contribution is -0.384. The summed E-state index contributed by atoms with van der Waals surface area (Å²) in [7, 11) is -4.07. The molecule has 12 heteroatoms. The molecule has 2 aromatic carbocycles. The van der Waals surface area contributed by atoms with E-state index in [2.05, 4.69) is 10.5 Å². The smallest absolute Gasteiger partial charge is 0.295 e. The van der Waals surface area contributed by atoms with Crippen molar-refractivity contribution >= 4 is 56.9 Å². The van der Waals surface area contributed by atoms with Crippen LogP contribution in [0.2, 0.25) is 10.0 Å². The number of halogens is 2. The molecule has 0 atom stereocenters. The highest BCUT2D eigenvalue weighted by Gasteiger charge is 2.19.